The van der Waals surface area contributed by atoms with Crippen LogP contribution in [0.5, 0.6) is 5.88 Å². The molecular formula is C22H26F3N3O. The van der Waals surface area contributed by atoms with Crippen LogP contribution in [0.3, 0.4) is 0 Å². The number of hydrogen-bond acceptors (Lipinski definition) is 4. The van der Waals surface area contributed by atoms with Crippen LogP contribution in [-0.4, -0.2) is 16.1 Å². The first kappa shape index (κ1) is 20.0. The molecule has 2 aromatic rings. The topological polar surface area (TPSA) is 47.0 Å². The fraction of sp³-hybridized carbons (Fsp3) is 0.545. The van der Waals surface area contributed by atoms with Crippen molar-refractivity contribution in [1.82, 2.24) is 9.97 Å². The molecule has 0 amide bonds. The van der Waals surface area contributed by atoms with Gasteiger partial charge >= 0.3 is 6.18 Å². The van der Waals surface area contributed by atoms with Gasteiger partial charge in [0.1, 0.15) is 11.7 Å². The highest BCUT2D eigenvalue weighted by molar-refractivity contribution is 5.54. The van der Waals surface area contributed by atoms with E-state index in [-0.39, 0.29) is 17.9 Å². The van der Waals surface area contributed by atoms with Crippen molar-refractivity contribution in [1.29, 1.82) is 0 Å². The molecule has 0 aliphatic heterocycles. The third kappa shape index (κ3) is 5.00. The summed E-state index contributed by atoms with van der Waals surface area (Å²) >= 11 is 0. The molecule has 29 heavy (non-hydrogen) atoms. The zero-order valence-electron chi connectivity index (χ0n) is 16.3. The number of aromatic nitrogens is 2. The lowest BCUT2D eigenvalue weighted by molar-refractivity contribution is -0.139. The molecule has 4 nitrogen and oxygen atoms in total. The lowest BCUT2D eigenvalue weighted by atomic mass is 9.84. The van der Waals surface area contributed by atoms with Crippen LogP contribution in [-0.2, 0) is 6.18 Å². The van der Waals surface area contributed by atoms with Crippen LogP contribution in [0.2, 0.25) is 0 Å². The van der Waals surface area contributed by atoms with E-state index in [4.69, 9.17) is 4.74 Å². The van der Waals surface area contributed by atoms with Crippen molar-refractivity contribution < 1.29 is 17.9 Å². The Kier molecular flexibility index (Phi) is 5.92. The van der Waals surface area contributed by atoms with Gasteiger partial charge in [0.2, 0.25) is 11.8 Å². The van der Waals surface area contributed by atoms with Crippen molar-refractivity contribution in [3.8, 4) is 5.88 Å². The van der Waals surface area contributed by atoms with E-state index in [1.54, 1.807) is 0 Å². The second-order valence-corrected chi connectivity index (χ2v) is 8.02. The van der Waals surface area contributed by atoms with E-state index < -0.39 is 11.7 Å². The Morgan fingerprint density at radius 2 is 1.55 bits per heavy atom. The number of anilines is 2. The molecule has 156 valence electrons. The summed E-state index contributed by atoms with van der Waals surface area (Å²) in [5.41, 5.74) is 1.13. The number of rotatable bonds is 5. The van der Waals surface area contributed by atoms with Gasteiger partial charge in [-0.15, -0.1) is 0 Å². The number of nitrogens with zero attached hydrogens (tertiary/aromatic N) is 2. The summed E-state index contributed by atoms with van der Waals surface area (Å²) in [5, 5.41) is 3.01. The molecule has 0 radical (unpaired) electrons. The molecular weight excluding hydrogens is 379 g/mol. The van der Waals surface area contributed by atoms with E-state index in [2.05, 4.69) is 27.4 Å². The molecule has 2 saturated carbocycles. The summed E-state index contributed by atoms with van der Waals surface area (Å²) in [6, 6.07) is 8.03. The Balaban J connectivity index is 1.50. The number of hydrogen-bond donors (Lipinski definition) is 1. The van der Waals surface area contributed by atoms with E-state index in [0.29, 0.717) is 5.92 Å². The highest BCUT2D eigenvalue weighted by Crippen LogP contribution is 2.37. The maximum atomic E-state index is 13.3. The maximum Gasteiger partial charge on any atom is 0.423 e. The molecule has 7 heteroatoms. The fourth-order valence-electron chi connectivity index (χ4n) is 4.28. The largest absolute Gasteiger partial charge is 0.474 e. The molecule has 2 fully saturated rings. The number of ether oxygens (including phenoxy) is 1. The quantitative estimate of drug-likeness (QED) is 0.608. The van der Waals surface area contributed by atoms with Crippen molar-refractivity contribution in [3.63, 3.8) is 0 Å². The summed E-state index contributed by atoms with van der Waals surface area (Å²) in [6.07, 6.45) is 5.78. The second kappa shape index (κ2) is 8.59. The number of alkyl halides is 3. The van der Waals surface area contributed by atoms with Gasteiger partial charge in [0, 0.05) is 11.9 Å². The molecule has 0 bridgehead atoms. The van der Waals surface area contributed by atoms with Crippen LogP contribution in [0.1, 0.15) is 74.8 Å². The first-order chi connectivity index (χ1) is 14.0. The number of halogens is 3. The predicted octanol–water partition coefficient (Wildman–Crippen LogP) is 6.61. The molecule has 1 N–H and O–H groups in total. The van der Waals surface area contributed by atoms with Gasteiger partial charge in [-0.1, -0.05) is 31.4 Å². The molecule has 0 atom stereocenters. The summed E-state index contributed by atoms with van der Waals surface area (Å²) in [7, 11) is 0. The standard InChI is InChI=1S/C22H26F3N3O/c23-22(24,25)19-14-26-21(28-20(19)29-18-8-4-5-9-18)27-17-12-10-16(11-13-17)15-6-2-1-3-7-15/h10-15,18H,1-9H2,(H,26,27,28). The zero-order chi connectivity index (χ0) is 20.3. The van der Waals surface area contributed by atoms with E-state index in [1.807, 2.05) is 12.1 Å². The molecule has 0 unspecified atom stereocenters. The van der Waals surface area contributed by atoms with Crippen molar-refractivity contribution in [2.45, 2.75) is 76.0 Å². The molecule has 1 aromatic heterocycles. The third-order valence-electron chi connectivity index (χ3n) is 5.88. The lowest BCUT2D eigenvalue weighted by Gasteiger charge is -2.22. The van der Waals surface area contributed by atoms with Gasteiger partial charge in [0.15, 0.2) is 0 Å². The SMILES string of the molecule is FC(F)(F)c1cnc(Nc2ccc(C3CCCCC3)cc2)nc1OC1CCCC1. The van der Waals surface area contributed by atoms with Crippen LogP contribution >= 0.6 is 0 Å². The van der Waals surface area contributed by atoms with E-state index in [9.17, 15) is 13.2 Å². The van der Waals surface area contributed by atoms with Crippen LogP contribution in [0.15, 0.2) is 30.5 Å². The van der Waals surface area contributed by atoms with Crippen LogP contribution in [0, 0.1) is 0 Å². The average molecular weight is 405 g/mol. The Morgan fingerprint density at radius 3 is 2.21 bits per heavy atom. The first-order valence-electron chi connectivity index (χ1n) is 10.5. The minimum Gasteiger partial charge on any atom is -0.474 e. The highest BCUT2D eigenvalue weighted by Gasteiger charge is 2.37. The van der Waals surface area contributed by atoms with Crippen molar-refractivity contribution in [2.75, 3.05) is 5.32 Å². The maximum absolute atomic E-state index is 13.3. The fourth-order valence-corrected chi connectivity index (χ4v) is 4.28. The summed E-state index contributed by atoms with van der Waals surface area (Å²) < 4.78 is 45.6. The molecule has 1 heterocycles. The normalized spacial score (nSPS) is 18.7. The Hall–Kier alpha value is -2.31. The summed E-state index contributed by atoms with van der Waals surface area (Å²) in [5.74, 6) is 0.323. The van der Waals surface area contributed by atoms with Gasteiger partial charge < -0.3 is 10.1 Å². The minimum absolute atomic E-state index is 0.108. The molecule has 1 aromatic carbocycles. The van der Waals surface area contributed by atoms with Gasteiger partial charge in [0.05, 0.1) is 0 Å². The average Bonchev–Trinajstić information content (AvgIpc) is 3.22. The van der Waals surface area contributed by atoms with Gasteiger partial charge in [-0.05, 0) is 62.1 Å². The number of nitrogens with one attached hydrogen (secondary N) is 1. The Labute approximate surface area is 168 Å². The van der Waals surface area contributed by atoms with E-state index in [0.717, 1.165) is 37.6 Å². The smallest absolute Gasteiger partial charge is 0.423 e. The Bertz CT molecular complexity index is 811. The summed E-state index contributed by atoms with van der Waals surface area (Å²) in [6.45, 7) is 0. The number of benzene rings is 1. The third-order valence-corrected chi connectivity index (χ3v) is 5.88. The molecule has 4 rings (SSSR count). The monoisotopic (exact) mass is 405 g/mol. The minimum atomic E-state index is -4.55. The molecule has 2 aliphatic carbocycles. The van der Waals surface area contributed by atoms with Gasteiger partial charge in [-0.2, -0.15) is 18.2 Å². The lowest BCUT2D eigenvalue weighted by Crippen LogP contribution is -2.18. The second-order valence-electron chi connectivity index (χ2n) is 8.02. The van der Waals surface area contributed by atoms with Gasteiger partial charge in [-0.25, -0.2) is 4.98 Å². The van der Waals surface area contributed by atoms with Crippen molar-refractivity contribution in [2.24, 2.45) is 0 Å². The van der Waals surface area contributed by atoms with Crippen molar-refractivity contribution >= 4 is 11.6 Å². The van der Waals surface area contributed by atoms with E-state index >= 15 is 0 Å². The predicted molar refractivity (Wildman–Crippen MR) is 105 cm³/mol. The van der Waals surface area contributed by atoms with Crippen LogP contribution < -0.4 is 10.1 Å². The van der Waals surface area contributed by atoms with Gasteiger partial charge in [0.25, 0.3) is 0 Å². The summed E-state index contributed by atoms with van der Waals surface area (Å²) in [4.78, 5) is 7.91. The van der Waals surface area contributed by atoms with Crippen molar-refractivity contribution in [3.05, 3.63) is 41.6 Å². The first-order valence-corrected chi connectivity index (χ1v) is 10.5. The molecule has 0 spiro atoms. The van der Waals surface area contributed by atoms with Gasteiger partial charge in [-0.3, -0.25) is 0 Å². The van der Waals surface area contributed by atoms with E-state index in [1.165, 1.54) is 37.7 Å². The highest BCUT2D eigenvalue weighted by atomic mass is 19.4. The Morgan fingerprint density at radius 1 is 0.897 bits per heavy atom. The zero-order valence-corrected chi connectivity index (χ0v) is 16.3. The van der Waals surface area contributed by atoms with Crippen LogP contribution in [0.25, 0.3) is 0 Å². The molecule has 2 aliphatic rings. The molecule has 0 saturated heterocycles. The van der Waals surface area contributed by atoms with Crippen LogP contribution in [0.4, 0.5) is 24.8 Å².